The number of ether oxygens (including phenoxy) is 1. The second kappa shape index (κ2) is 8.10. The first-order valence-corrected chi connectivity index (χ1v) is 5.06. The molecule has 0 spiro atoms. The number of hydrogen-bond donors (Lipinski definition) is 1. The summed E-state index contributed by atoms with van der Waals surface area (Å²) in [4.78, 5) is 5.03. The smallest absolute Gasteiger partial charge is 0.159 e. The third kappa shape index (κ3) is 4.97. The zero-order valence-corrected chi connectivity index (χ0v) is 10.5. The molecule has 0 rings (SSSR count). The predicted octanol–water partition coefficient (Wildman–Crippen LogP) is 3.20. The topological polar surface area (TPSA) is 54.7 Å². The highest BCUT2D eigenvalue weighted by atomic mass is 16.6. The second-order valence-corrected chi connectivity index (χ2v) is 3.01. The number of methoxy groups -OCH3 is 1. The molecule has 0 unspecified atom stereocenters. The lowest BCUT2D eigenvalue weighted by Crippen LogP contribution is -1.95. The fraction of sp³-hybridized carbons (Fsp3) is 0.231. The zero-order chi connectivity index (χ0) is 13.3. The fourth-order valence-electron chi connectivity index (χ4n) is 0.950. The summed E-state index contributed by atoms with van der Waals surface area (Å²) in [6.45, 7) is 11.0. The lowest BCUT2D eigenvalue weighted by molar-refractivity contribution is 0.241. The Kier molecular flexibility index (Phi) is 7.10. The van der Waals surface area contributed by atoms with Gasteiger partial charge in [-0.05, 0) is 13.8 Å². The number of oxime groups is 1. The molecule has 17 heavy (non-hydrogen) atoms. The maximum Gasteiger partial charge on any atom is 0.159 e. The van der Waals surface area contributed by atoms with E-state index in [1.807, 2.05) is 6.92 Å². The summed E-state index contributed by atoms with van der Waals surface area (Å²) < 4.78 is 4.97. The van der Waals surface area contributed by atoms with Crippen molar-refractivity contribution in [1.29, 1.82) is 5.41 Å². The predicted molar refractivity (Wildman–Crippen MR) is 71.2 cm³/mol. The van der Waals surface area contributed by atoms with Gasteiger partial charge in [0.15, 0.2) is 5.76 Å². The van der Waals surface area contributed by atoms with E-state index in [1.54, 1.807) is 19.1 Å². The van der Waals surface area contributed by atoms with Gasteiger partial charge in [0, 0.05) is 17.4 Å². The first kappa shape index (κ1) is 14.9. The molecule has 0 aromatic carbocycles. The van der Waals surface area contributed by atoms with E-state index in [-0.39, 0.29) is 0 Å². The van der Waals surface area contributed by atoms with Crippen LogP contribution < -0.4 is 0 Å². The highest BCUT2D eigenvalue weighted by molar-refractivity contribution is 5.83. The van der Waals surface area contributed by atoms with Crippen molar-refractivity contribution in [2.24, 2.45) is 5.16 Å². The van der Waals surface area contributed by atoms with E-state index < -0.39 is 0 Å². The number of nitrogens with zero attached hydrogens (tertiary/aromatic N) is 1. The maximum absolute atomic E-state index is 7.11. The van der Waals surface area contributed by atoms with Gasteiger partial charge in [-0.15, -0.1) is 0 Å². The van der Waals surface area contributed by atoms with E-state index in [1.165, 1.54) is 13.3 Å². The molecule has 0 heterocycles. The molecule has 0 fully saturated rings. The van der Waals surface area contributed by atoms with Gasteiger partial charge in [0.2, 0.25) is 0 Å². The Morgan fingerprint density at radius 1 is 1.12 bits per heavy atom. The molecule has 0 amide bonds. The summed E-state index contributed by atoms with van der Waals surface area (Å²) in [6, 6.07) is 0. The molecule has 0 aromatic rings. The lowest BCUT2D eigenvalue weighted by atomic mass is 10.2. The Labute approximate surface area is 102 Å². The molecule has 0 atom stereocenters. The van der Waals surface area contributed by atoms with Crippen LogP contribution in [-0.4, -0.2) is 19.5 Å². The Morgan fingerprint density at radius 2 is 1.71 bits per heavy atom. The van der Waals surface area contributed by atoms with Crippen molar-refractivity contribution in [3.8, 4) is 0 Å². The maximum atomic E-state index is 7.11. The number of allylic oxidation sites excluding steroid dienone is 4. The molecule has 0 aliphatic carbocycles. The van der Waals surface area contributed by atoms with E-state index in [0.717, 1.165) is 11.8 Å². The minimum atomic E-state index is 0.317. The van der Waals surface area contributed by atoms with Gasteiger partial charge in [-0.2, -0.15) is 0 Å². The van der Waals surface area contributed by atoms with Crippen LogP contribution in [0.15, 0.2) is 53.1 Å². The fourth-order valence-corrected chi connectivity index (χ4v) is 0.950. The van der Waals surface area contributed by atoms with Gasteiger partial charge >= 0.3 is 0 Å². The van der Waals surface area contributed by atoms with E-state index in [0.29, 0.717) is 17.1 Å². The van der Waals surface area contributed by atoms with Gasteiger partial charge in [-0.3, -0.25) is 0 Å². The van der Waals surface area contributed by atoms with Crippen LogP contribution in [0.5, 0.6) is 0 Å². The van der Waals surface area contributed by atoms with Crippen molar-refractivity contribution in [3.63, 3.8) is 0 Å². The van der Waals surface area contributed by atoms with Crippen molar-refractivity contribution >= 4 is 12.4 Å². The van der Waals surface area contributed by atoms with E-state index in [4.69, 9.17) is 15.0 Å². The Morgan fingerprint density at radius 3 is 2.12 bits per heavy atom. The molecule has 0 aliphatic heterocycles. The van der Waals surface area contributed by atoms with Gasteiger partial charge in [-0.1, -0.05) is 30.5 Å². The molecule has 4 nitrogen and oxygen atoms in total. The quantitative estimate of drug-likeness (QED) is 0.318. The SMILES string of the molecule is C=C(OC)/C(C=NOC(=C)/C(C=N)=C\C)=C\C. The van der Waals surface area contributed by atoms with Crippen LogP contribution in [0, 0.1) is 5.41 Å². The molecule has 0 aliphatic rings. The molecule has 0 aromatic heterocycles. The van der Waals surface area contributed by atoms with Crippen molar-refractivity contribution in [3.05, 3.63) is 48.0 Å². The van der Waals surface area contributed by atoms with Gasteiger partial charge in [0.05, 0.1) is 13.3 Å². The molecule has 0 radical (unpaired) electrons. The van der Waals surface area contributed by atoms with Crippen LogP contribution in [0.4, 0.5) is 0 Å². The average molecular weight is 234 g/mol. The molecular formula is C13H18N2O2. The molecular weight excluding hydrogens is 216 g/mol. The van der Waals surface area contributed by atoms with E-state index in [2.05, 4.69) is 18.3 Å². The third-order valence-electron chi connectivity index (χ3n) is 2.02. The summed E-state index contributed by atoms with van der Waals surface area (Å²) in [6.07, 6.45) is 6.15. The summed E-state index contributed by atoms with van der Waals surface area (Å²) >= 11 is 0. The van der Waals surface area contributed by atoms with Crippen LogP contribution in [-0.2, 0) is 9.57 Å². The van der Waals surface area contributed by atoms with Gasteiger partial charge in [0.1, 0.15) is 5.76 Å². The lowest BCUT2D eigenvalue weighted by Gasteiger charge is -2.04. The number of nitrogens with one attached hydrogen (secondary N) is 1. The Hall–Kier alpha value is -2.10. The van der Waals surface area contributed by atoms with E-state index >= 15 is 0 Å². The molecule has 0 bridgehead atoms. The summed E-state index contributed by atoms with van der Waals surface area (Å²) in [5.41, 5.74) is 1.30. The average Bonchev–Trinajstić information content (AvgIpc) is 2.35. The Balaban J connectivity index is 4.52. The molecule has 92 valence electrons. The van der Waals surface area contributed by atoms with Crippen LogP contribution >= 0.6 is 0 Å². The monoisotopic (exact) mass is 234 g/mol. The van der Waals surface area contributed by atoms with Crippen molar-refractivity contribution in [2.45, 2.75) is 13.8 Å². The van der Waals surface area contributed by atoms with Gasteiger partial charge in [0.25, 0.3) is 0 Å². The normalized spacial score (nSPS) is 12.4. The summed E-state index contributed by atoms with van der Waals surface area (Å²) in [5.74, 6) is 0.820. The first-order chi connectivity index (χ1) is 8.10. The zero-order valence-electron chi connectivity index (χ0n) is 10.5. The van der Waals surface area contributed by atoms with Crippen molar-refractivity contribution in [1.82, 2.24) is 0 Å². The number of rotatable bonds is 7. The van der Waals surface area contributed by atoms with Crippen LogP contribution in [0.2, 0.25) is 0 Å². The molecule has 1 N–H and O–H groups in total. The molecule has 0 saturated heterocycles. The van der Waals surface area contributed by atoms with Gasteiger partial charge < -0.3 is 15.0 Å². The minimum Gasteiger partial charge on any atom is -0.497 e. The molecule has 0 saturated carbocycles. The van der Waals surface area contributed by atoms with Crippen LogP contribution in [0.25, 0.3) is 0 Å². The highest BCUT2D eigenvalue weighted by Crippen LogP contribution is 2.09. The summed E-state index contributed by atoms with van der Waals surface area (Å²) in [5, 5.41) is 10.9. The first-order valence-electron chi connectivity index (χ1n) is 5.06. The number of hydrogen-bond acceptors (Lipinski definition) is 4. The van der Waals surface area contributed by atoms with Crippen LogP contribution in [0.3, 0.4) is 0 Å². The standard InChI is InChI=1S/C13H18N2O2/c1-6-12(8-14)11(4)17-15-9-13(7-2)10(3)16-5/h6-9,14H,3-4H2,1-2,5H3/b12-6-,13-7-,14-8?,15-9?. The summed E-state index contributed by atoms with van der Waals surface area (Å²) in [7, 11) is 1.53. The van der Waals surface area contributed by atoms with Crippen molar-refractivity contribution in [2.75, 3.05) is 7.11 Å². The Bertz CT molecular complexity index is 390. The minimum absolute atomic E-state index is 0.317. The van der Waals surface area contributed by atoms with Crippen molar-refractivity contribution < 1.29 is 9.57 Å². The largest absolute Gasteiger partial charge is 0.497 e. The van der Waals surface area contributed by atoms with Gasteiger partial charge in [-0.25, -0.2) is 0 Å². The molecule has 4 heteroatoms. The third-order valence-corrected chi connectivity index (χ3v) is 2.02. The highest BCUT2D eigenvalue weighted by Gasteiger charge is 2.00. The second-order valence-electron chi connectivity index (χ2n) is 3.01. The van der Waals surface area contributed by atoms with E-state index in [9.17, 15) is 0 Å². The van der Waals surface area contributed by atoms with Crippen LogP contribution in [0.1, 0.15) is 13.8 Å².